The molecule has 58 valence electrons. The molecule has 0 aliphatic carbocycles. The van der Waals surface area contributed by atoms with Gasteiger partial charge in [-0.25, -0.2) is 4.98 Å². The van der Waals surface area contributed by atoms with Crippen LogP contribution in [-0.4, -0.2) is 4.98 Å². The first-order valence-corrected chi connectivity index (χ1v) is 2.47. The van der Waals surface area contributed by atoms with Gasteiger partial charge in [-0.15, -0.1) is 24.8 Å². The molecular formula is C6H10Cl2N2. The second-order valence-corrected chi connectivity index (χ2v) is 1.76. The first-order valence-electron chi connectivity index (χ1n) is 2.47. The van der Waals surface area contributed by atoms with Crippen molar-refractivity contribution in [1.29, 1.82) is 0 Å². The standard InChI is InChI=1S/C6H8N2.2ClH/c1-5-2-3-6(7)8-4-5;;/h2-4H,1H3,(H2,7,8);2*1H. The summed E-state index contributed by atoms with van der Waals surface area (Å²) in [5.74, 6) is 0.579. The molecule has 2 nitrogen and oxygen atoms in total. The number of rotatable bonds is 0. The van der Waals surface area contributed by atoms with Gasteiger partial charge in [0.1, 0.15) is 5.82 Å². The summed E-state index contributed by atoms with van der Waals surface area (Å²) in [6.45, 7) is 1.98. The zero-order valence-electron chi connectivity index (χ0n) is 5.57. The van der Waals surface area contributed by atoms with E-state index in [4.69, 9.17) is 5.73 Å². The van der Waals surface area contributed by atoms with Gasteiger partial charge in [-0.2, -0.15) is 0 Å². The fourth-order valence-corrected chi connectivity index (χ4v) is 0.479. The van der Waals surface area contributed by atoms with Crippen LogP contribution in [0.5, 0.6) is 0 Å². The molecule has 10 heavy (non-hydrogen) atoms. The predicted octanol–water partition coefficient (Wildman–Crippen LogP) is 1.82. The normalized spacial score (nSPS) is 7.30. The summed E-state index contributed by atoms with van der Waals surface area (Å²) >= 11 is 0. The van der Waals surface area contributed by atoms with Gasteiger partial charge in [-0.1, -0.05) is 6.07 Å². The molecule has 0 radical (unpaired) electrons. The third-order valence-corrected chi connectivity index (χ3v) is 0.934. The van der Waals surface area contributed by atoms with Gasteiger partial charge in [0.15, 0.2) is 0 Å². The van der Waals surface area contributed by atoms with Crippen molar-refractivity contribution in [1.82, 2.24) is 4.98 Å². The van der Waals surface area contributed by atoms with E-state index in [1.54, 1.807) is 12.3 Å². The zero-order valence-corrected chi connectivity index (χ0v) is 7.21. The van der Waals surface area contributed by atoms with Gasteiger partial charge in [0.25, 0.3) is 0 Å². The summed E-state index contributed by atoms with van der Waals surface area (Å²) in [7, 11) is 0. The molecule has 0 fully saturated rings. The van der Waals surface area contributed by atoms with Gasteiger partial charge < -0.3 is 5.73 Å². The molecule has 0 aliphatic rings. The molecule has 1 aromatic heterocycles. The molecule has 0 amide bonds. The lowest BCUT2D eigenvalue weighted by atomic mass is 10.3. The van der Waals surface area contributed by atoms with Crippen molar-refractivity contribution in [3.63, 3.8) is 0 Å². The Morgan fingerprint density at radius 3 is 2.20 bits per heavy atom. The number of nitrogens with zero attached hydrogens (tertiary/aromatic N) is 1. The fourth-order valence-electron chi connectivity index (χ4n) is 0.479. The Labute approximate surface area is 72.7 Å². The summed E-state index contributed by atoms with van der Waals surface area (Å²) in [6, 6.07) is 3.72. The predicted molar refractivity (Wildman–Crippen MR) is 47.9 cm³/mol. The lowest BCUT2D eigenvalue weighted by molar-refractivity contribution is 1.28. The van der Waals surface area contributed by atoms with Crippen LogP contribution in [-0.2, 0) is 0 Å². The second kappa shape index (κ2) is 5.33. The summed E-state index contributed by atoms with van der Waals surface area (Å²) in [5, 5.41) is 0. The molecule has 0 spiro atoms. The molecule has 0 saturated heterocycles. The van der Waals surface area contributed by atoms with Crippen LogP contribution < -0.4 is 5.73 Å². The van der Waals surface area contributed by atoms with Crippen LogP contribution in [0.15, 0.2) is 18.3 Å². The Morgan fingerprint density at radius 2 is 1.90 bits per heavy atom. The molecule has 0 bridgehead atoms. The molecule has 0 atom stereocenters. The molecule has 1 heterocycles. The lowest BCUT2D eigenvalue weighted by Crippen LogP contribution is -1.87. The van der Waals surface area contributed by atoms with Crippen LogP contribution in [0, 0.1) is 6.92 Å². The van der Waals surface area contributed by atoms with Crippen molar-refractivity contribution in [3.05, 3.63) is 23.9 Å². The first-order chi connectivity index (χ1) is 3.79. The zero-order chi connectivity index (χ0) is 5.98. The van der Waals surface area contributed by atoms with Crippen molar-refractivity contribution in [2.45, 2.75) is 6.92 Å². The van der Waals surface area contributed by atoms with E-state index < -0.39 is 0 Å². The van der Waals surface area contributed by atoms with Crippen molar-refractivity contribution >= 4 is 30.6 Å². The first kappa shape index (κ1) is 12.2. The van der Waals surface area contributed by atoms with E-state index in [-0.39, 0.29) is 24.8 Å². The number of hydrogen-bond acceptors (Lipinski definition) is 2. The van der Waals surface area contributed by atoms with Crippen molar-refractivity contribution in [2.75, 3.05) is 5.73 Å². The third kappa shape index (κ3) is 3.54. The quantitative estimate of drug-likeness (QED) is 0.662. The second-order valence-electron chi connectivity index (χ2n) is 1.76. The Bertz CT molecular complexity index is 153. The van der Waals surface area contributed by atoms with Crippen LogP contribution in [0.4, 0.5) is 5.82 Å². The summed E-state index contributed by atoms with van der Waals surface area (Å²) in [5.41, 5.74) is 6.45. The molecule has 4 heteroatoms. The SMILES string of the molecule is Cc1ccc(N)nc1.Cl.Cl. The summed E-state index contributed by atoms with van der Waals surface area (Å²) in [6.07, 6.45) is 1.75. The highest BCUT2D eigenvalue weighted by Crippen LogP contribution is 1.97. The molecule has 0 unspecified atom stereocenters. The summed E-state index contributed by atoms with van der Waals surface area (Å²) < 4.78 is 0. The minimum atomic E-state index is 0. The Hall–Kier alpha value is -0.470. The van der Waals surface area contributed by atoms with Gasteiger partial charge in [-0.05, 0) is 18.6 Å². The van der Waals surface area contributed by atoms with E-state index >= 15 is 0 Å². The number of aromatic nitrogens is 1. The van der Waals surface area contributed by atoms with Crippen LogP contribution in [0.2, 0.25) is 0 Å². The lowest BCUT2D eigenvalue weighted by Gasteiger charge is -1.89. The highest BCUT2D eigenvalue weighted by molar-refractivity contribution is 5.85. The Kier molecular flexibility index (Phi) is 6.51. The number of nitrogen functional groups attached to an aromatic ring is 1. The van der Waals surface area contributed by atoms with Crippen LogP contribution in [0.25, 0.3) is 0 Å². The van der Waals surface area contributed by atoms with E-state index in [9.17, 15) is 0 Å². The number of halogens is 2. The number of aryl methyl sites for hydroxylation is 1. The Balaban J connectivity index is 0. The number of anilines is 1. The third-order valence-electron chi connectivity index (χ3n) is 0.934. The van der Waals surface area contributed by atoms with E-state index in [2.05, 4.69) is 4.98 Å². The van der Waals surface area contributed by atoms with Gasteiger partial charge >= 0.3 is 0 Å². The van der Waals surface area contributed by atoms with Crippen LogP contribution >= 0.6 is 24.8 Å². The fraction of sp³-hybridized carbons (Fsp3) is 0.167. The molecule has 0 saturated carbocycles. The van der Waals surface area contributed by atoms with Crippen LogP contribution in [0.3, 0.4) is 0 Å². The molecule has 0 aliphatic heterocycles. The van der Waals surface area contributed by atoms with Crippen molar-refractivity contribution in [2.24, 2.45) is 0 Å². The maximum Gasteiger partial charge on any atom is 0.123 e. The van der Waals surface area contributed by atoms with Gasteiger partial charge in [-0.3, -0.25) is 0 Å². The number of pyridine rings is 1. The monoisotopic (exact) mass is 180 g/mol. The molecule has 1 rings (SSSR count). The largest absolute Gasteiger partial charge is 0.384 e. The van der Waals surface area contributed by atoms with E-state index in [0.717, 1.165) is 5.56 Å². The van der Waals surface area contributed by atoms with E-state index in [1.165, 1.54) is 0 Å². The van der Waals surface area contributed by atoms with Gasteiger partial charge in [0.05, 0.1) is 0 Å². The highest BCUT2D eigenvalue weighted by Gasteiger charge is 1.81. The summed E-state index contributed by atoms with van der Waals surface area (Å²) in [4.78, 5) is 3.86. The number of hydrogen-bond donors (Lipinski definition) is 1. The molecule has 1 aromatic rings. The van der Waals surface area contributed by atoms with E-state index in [0.29, 0.717) is 5.82 Å². The number of nitrogens with two attached hydrogens (primary N) is 1. The minimum absolute atomic E-state index is 0. The average molecular weight is 181 g/mol. The average Bonchev–Trinajstić information content (AvgIpc) is 1.77. The molecule has 0 aromatic carbocycles. The molecular weight excluding hydrogens is 171 g/mol. The van der Waals surface area contributed by atoms with Crippen LogP contribution in [0.1, 0.15) is 5.56 Å². The van der Waals surface area contributed by atoms with Gasteiger partial charge in [0.2, 0.25) is 0 Å². The Morgan fingerprint density at radius 1 is 1.30 bits per heavy atom. The minimum Gasteiger partial charge on any atom is -0.384 e. The van der Waals surface area contributed by atoms with E-state index in [1.807, 2.05) is 13.0 Å². The maximum absolute atomic E-state index is 5.32. The smallest absolute Gasteiger partial charge is 0.123 e. The highest BCUT2D eigenvalue weighted by atomic mass is 35.5. The topological polar surface area (TPSA) is 38.9 Å². The van der Waals surface area contributed by atoms with Crippen molar-refractivity contribution < 1.29 is 0 Å². The molecule has 2 N–H and O–H groups in total. The van der Waals surface area contributed by atoms with Gasteiger partial charge in [0, 0.05) is 6.20 Å². The van der Waals surface area contributed by atoms with Crippen molar-refractivity contribution in [3.8, 4) is 0 Å². The maximum atomic E-state index is 5.32.